The third kappa shape index (κ3) is 6.49. The second-order valence-corrected chi connectivity index (χ2v) is 6.11. The maximum Gasteiger partial charge on any atom is 0.0591 e. The molecule has 0 aromatic rings. The van der Waals surface area contributed by atoms with Gasteiger partial charge in [-0.3, -0.25) is 0 Å². The molecular weight excluding hydrogens is 198 g/mol. The van der Waals surface area contributed by atoms with Gasteiger partial charge in [0.2, 0.25) is 0 Å². The van der Waals surface area contributed by atoms with Crippen molar-refractivity contribution in [1.29, 1.82) is 0 Å². The molecule has 96 valence electrons. The third-order valence-corrected chi connectivity index (χ3v) is 3.55. The van der Waals surface area contributed by atoms with Crippen LogP contribution in [0, 0.1) is 0 Å². The van der Waals surface area contributed by atoms with Gasteiger partial charge in [-0.2, -0.15) is 0 Å². The minimum Gasteiger partial charge on any atom is -0.390 e. The summed E-state index contributed by atoms with van der Waals surface area (Å²) < 4.78 is 0. The highest BCUT2D eigenvalue weighted by atomic mass is 16.3. The van der Waals surface area contributed by atoms with Gasteiger partial charge in [-0.05, 0) is 52.9 Å². The van der Waals surface area contributed by atoms with E-state index in [1.807, 2.05) is 13.8 Å². The molecule has 16 heavy (non-hydrogen) atoms. The molecule has 1 atom stereocenters. The molecule has 2 nitrogen and oxygen atoms in total. The normalized spacial score (nSPS) is 21.0. The zero-order valence-electron chi connectivity index (χ0n) is 11.3. The van der Waals surface area contributed by atoms with E-state index >= 15 is 0 Å². The van der Waals surface area contributed by atoms with Crippen LogP contribution in [0.5, 0.6) is 0 Å². The summed E-state index contributed by atoms with van der Waals surface area (Å²) >= 11 is 0. The molecule has 1 aliphatic rings. The summed E-state index contributed by atoms with van der Waals surface area (Å²) in [5.74, 6) is 0. The van der Waals surface area contributed by atoms with Crippen molar-refractivity contribution in [3.63, 3.8) is 0 Å². The van der Waals surface area contributed by atoms with Crippen molar-refractivity contribution in [1.82, 2.24) is 5.32 Å². The van der Waals surface area contributed by atoms with Crippen LogP contribution in [0.25, 0.3) is 0 Å². The van der Waals surface area contributed by atoms with Crippen molar-refractivity contribution >= 4 is 0 Å². The summed E-state index contributed by atoms with van der Waals surface area (Å²) in [7, 11) is 0. The summed E-state index contributed by atoms with van der Waals surface area (Å²) in [5, 5.41) is 13.4. The van der Waals surface area contributed by atoms with Gasteiger partial charge in [0.1, 0.15) is 0 Å². The van der Waals surface area contributed by atoms with Gasteiger partial charge >= 0.3 is 0 Å². The van der Waals surface area contributed by atoms with Crippen molar-refractivity contribution in [2.45, 2.75) is 89.8 Å². The first-order chi connectivity index (χ1) is 7.47. The number of hydrogen-bond acceptors (Lipinski definition) is 2. The van der Waals surface area contributed by atoms with Crippen molar-refractivity contribution in [2.75, 3.05) is 0 Å². The van der Waals surface area contributed by atoms with Crippen LogP contribution in [-0.2, 0) is 0 Å². The molecule has 0 aromatic carbocycles. The molecule has 0 saturated heterocycles. The SMILES string of the molecule is CC(CCCC(C)(C)O)NC1CCCCC1. The van der Waals surface area contributed by atoms with Crippen LogP contribution in [0.15, 0.2) is 0 Å². The predicted molar refractivity (Wildman–Crippen MR) is 69.6 cm³/mol. The first-order valence-corrected chi connectivity index (χ1v) is 6.96. The molecule has 1 aliphatic carbocycles. The van der Waals surface area contributed by atoms with Crippen LogP contribution in [0.3, 0.4) is 0 Å². The average Bonchev–Trinajstić information content (AvgIpc) is 2.17. The summed E-state index contributed by atoms with van der Waals surface area (Å²) in [5.41, 5.74) is -0.495. The second kappa shape index (κ2) is 6.61. The molecule has 0 spiro atoms. The molecule has 1 unspecified atom stereocenters. The standard InChI is InChI=1S/C14H29NO/c1-12(8-7-11-14(2,3)16)15-13-9-5-4-6-10-13/h12-13,15-16H,4-11H2,1-3H3. The van der Waals surface area contributed by atoms with Crippen LogP contribution >= 0.6 is 0 Å². The van der Waals surface area contributed by atoms with Crippen LogP contribution in [-0.4, -0.2) is 22.8 Å². The number of nitrogens with one attached hydrogen (secondary N) is 1. The van der Waals surface area contributed by atoms with Crippen molar-refractivity contribution < 1.29 is 5.11 Å². The molecule has 1 fully saturated rings. The zero-order valence-corrected chi connectivity index (χ0v) is 11.3. The molecule has 1 saturated carbocycles. The third-order valence-electron chi connectivity index (χ3n) is 3.55. The Balaban J connectivity index is 2.08. The fraction of sp³-hybridized carbons (Fsp3) is 1.00. The first kappa shape index (κ1) is 14.0. The number of aliphatic hydroxyl groups is 1. The van der Waals surface area contributed by atoms with Gasteiger partial charge in [-0.25, -0.2) is 0 Å². The van der Waals surface area contributed by atoms with Crippen molar-refractivity contribution in [3.05, 3.63) is 0 Å². The van der Waals surface area contributed by atoms with E-state index in [1.165, 1.54) is 38.5 Å². The Hall–Kier alpha value is -0.0800. The molecule has 2 heteroatoms. The van der Waals surface area contributed by atoms with E-state index in [4.69, 9.17) is 0 Å². The van der Waals surface area contributed by atoms with E-state index in [9.17, 15) is 5.11 Å². The molecule has 1 rings (SSSR count). The summed E-state index contributed by atoms with van der Waals surface area (Å²) in [4.78, 5) is 0. The molecular formula is C14H29NO. The summed E-state index contributed by atoms with van der Waals surface area (Å²) in [6.45, 7) is 6.07. The molecule has 2 N–H and O–H groups in total. The smallest absolute Gasteiger partial charge is 0.0591 e. The Bertz CT molecular complexity index is 180. The maximum atomic E-state index is 9.63. The lowest BCUT2D eigenvalue weighted by atomic mass is 9.94. The van der Waals surface area contributed by atoms with Crippen LogP contribution in [0.4, 0.5) is 0 Å². The maximum absolute atomic E-state index is 9.63. The van der Waals surface area contributed by atoms with E-state index in [0.29, 0.717) is 6.04 Å². The van der Waals surface area contributed by atoms with E-state index in [1.54, 1.807) is 0 Å². The van der Waals surface area contributed by atoms with Gasteiger partial charge in [-0.1, -0.05) is 19.3 Å². The van der Waals surface area contributed by atoms with Gasteiger partial charge in [0, 0.05) is 12.1 Å². The van der Waals surface area contributed by atoms with E-state index in [2.05, 4.69) is 12.2 Å². The van der Waals surface area contributed by atoms with Crippen molar-refractivity contribution in [2.24, 2.45) is 0 Å². The fourth-order valence-electron chi connectivity index (χ4n) is 2.60. The lowest BCUT2D eigenvalue weighted by molar-refractivity contribution is 0.0673. The molecule has 0 aromatic heterocycles. The highest BCUT2D eigenvalue weighted by molar-refractivity contribution is 4.76. The van der Waals surface area contributed by atoms with E-state index in [0.717, 1.165) is 18.9 Å². The molecule has 0 radical (unpaired) electrons. The Morgan fingerprint density at radius 2 is 1.88 bits per heavy atom. The number of rotatable bonds is 6. The van der Waals surface area contributed by atoms with E-state index < -0.39 is 5.60 Å². The lowest BCUT2D eigenvalue weighted by Gasteiger charge is -2.27. The topological polar surface area (TPSA) is 32.3 Å². The Morgan fingerprint density at radius 3 is 2.44 bits per heavy atom. The summed E-state index contributed by atoms with van der Waals surface area (Å²) in [6.07, 6.45) is 10.1. The van der Waals surface area contributed by atoms with Gasteiger partial charge in [-0.15, -0.1) is 0 Å². The average molecular weight is 227 g/mol. The first-order valence-electron chi connectivity index (χ1n) is 6.96. The van der Waals surface area contributed by atoms with Gasteiger partial charge in [0.25, 0.3) is 0 Å². The highest BCUT2D eigenvalue weighted by Crippen LogP contribution is 2.19. The largest absolute Gasteiger partial charge is 0.390 e. The molecule has 0 bridgehead atoms. The van der Waals surface area contributed by atoms with Crippen molar-refractivity contribution in [3.8, 4) is 0 Å². The van der Waals surface area contributed by atoms with Crippen LogP contribution in [0.1, 0.15) is 72.1 Å². The predicted octanol–water partition coefficient (Wildman–Crippen LogP) is 3.24. The molecule has 0 aliphatic heterocycles. The molecule has 0 heterocycles. The lowest BCUT2D eigenvalue weighted by Crippen LogP contribution is -2.37. The quantitative estimate of drug-likeness (QED) is 0.730. The Kier molecular flexibility index (Phi) is 5.77. The van der Waals surface area contributed by atoms with E-state index in [-0.39, 0.29) is 0 Å². The van der Waals surface area contributed by atoms with Gasteiger partial charge in [0.05, 0.1) is 5.60 Å². The summed E-state index contributed by atoms with van der Waals surface area (Å²) in [6, 6.07) is 1.36. The Morgan fingerprint density at radius 1 is 1.25 bits per heavy atom. The van der Waals surface area contributed by atoms with Crippen LogP contribution < -0.4 is 5.32 Å². The minimum atomic E-state index is -0.495. The minimum absolute atomic E-state index is 0.495. The van der Waals surface area contributed by atoms with Gasteiger partial charge < -0.3 is 10.4 Å². The Labute approximate surface area is 101 Å². The second-order valence-electron chi connectivity index (χ2n) is 6.11. The van der Waals surface area contributed by atoms with Crippen LogP contribution in [0.2, 0.25) is 0 Å². The van der Waals surface area contributed by atoms with Gasteiger partial charge in [0.15, 0.2) is 0 Å². The monoisotopic (exact) mass is 227 g/mol. The molecule has 0 amide bonds. The zero-order chi connectivity index (χ0) is 12.0. The number of hydrogen-bond donors (Lipinski definition) is 2. The fourth-order valence-corrected chi connectivity index (χ4v) is 2.60. The highest BCUT2D eigenvalue weighted by Gasteiger charge is 2.16.